The second-order valence-electron chi connectivity index (χ2n) is 7.93. The van der Waals surface area contributed by atoms with Crippen LogP contribution in [0, 0.1) is 0 Å². The van der Waals surface area contributed by atoms with Gasteiger partial charge in [0.15, 0.2) is 11.5 Å². The molecule has 2 heterocycles. The quantitative estimate of drug-likeness (QED) is 0.500. The van der Waals surface area contributed by atoms with Gasteiger partial charge in [-0.15, -0.1) is 0 Å². The van der Waals surface area contributed by atoms with E-state index in [4.69, 9.17) is 9.47 Å². The molecule has 1 unspecified atom stereocenters. The van der Waals surface area contributed by atoms with Crippen LogP contribution in [0.25, 0.3) is 0 Å². The Hall–Kier alpha value is -3.32. The van der Waals surface area contributed by atoms with Crippen LogP contribution in [0.2, 0.25) is 0 Å². The largest absolute Gasteiger partial charge is 0.493 e. The lowest BCUT2D eigenvalue weighted by Gasteiger charge is -2.38. The zero-order valence-corrected chi connectivity index (χ0v) is 19.7. The molecular weight excluding hydrogens is 436 g/mol. The average Bonchev–Trinajstić information content (AvgIpc) is 3.40. The normalized spacial score (nSPS) is 15.0. The van der Waals surface area contributed by atoms with Gasteiger partial charge in [0.1, 0.15) is 0 Å². The van der Waals surface area contributed by atoms with Gasteiger partial charge in [0, 0.05) is 30.5 Å². The van der Waals surface area contributed by atoms with Gasteiger partial charge < -0.3 is 19.7 Å². The van der Waals surface area contributed by atoms with E-state index in [1.54, 1.807) is 20.3 Å². The summed E-state index contributed by atoms with van der Waals surface area (Å²) in [5.41, 5.74) is 3.94. The zero-order chi connectivity index (χ0) is 23.2. The molecule has 0 spiro atoms. The maximum Gasteiger partial charge on any atom is 0.252 e. The maximum absolute atomic E-state index is 13.3. The summed E-state index contributed by atoms with van der Waals surface area (Å²) >= 11 is 1.49. The summed E-state index contributed by atoms with van der Waals surface area (Å²) in [6, 6.07) is 15.7. The van der Waals surface area contributed by atoms with Crippen LogP contribution in [-0.2, 0) is 11.2 Å². The Kier molecular flexibility index (Phi) is 7.29. The fourth-order valence-corrected chi connectivity index (χ4v) is 4.93. The number of carbonyl (C=O) groups excluding carboxylic acids is 2. The van der Waals surface area contributed by atoms with E-state index in [-0.39, 0.29) is 17.9 Å². The summed E-state index contributed by atoms with van der Waals surface area (Å²) in [7, 11) is 3.26. The van der Waals surface area contributed by atoms with E-state index in [1.807, 2.05) is 46.0 Å². The van der Waals surface area contributed by atoms with Gasteiger partial charge >= 0.3 is 0 Å². The number of rotatable bonds is 8. The number of nitrogens with one attached hydrogen (secondary N) is 1. The van der Waals surface area contributed by atoms with Crippen molar-refractivity contribution in [3.8, 4) is 11.5 Å². The Morgan fingerprint density at radius 3 is 2.55 bits per heavy atom. The number of amides is 2. The molecule has 1 N–H and O–H groups in total. The fourth-order valence-electron chi connectivity index (χ4n) is 4.29. The van der Waals surface area contributed by atoms with Crippen LogP contribution in [-0.4, -0.2) is 44.0 Å². The number of nitrogens with zero attached hydrogens (tertiary/aromatic N) is 1. The minimum absolute atomic E-state index is 0.0778. The highest BCUT2D eigenvalue weighted by atomic mass is 32.1. The Labute approximate surface area is 198 Å². The van der Waals surface area contributed by atoms with Crippen molar-refractivity contribution in [2.24, 2.45) is 0 Å². The standard InChI is InChI=1S/C26H28N2O4S/c1-31-22-15-19-10-13-28(24(29)9-6-12-27-26(30)20-11-14-33-17-20)25(18-7-4-3-5-8-18)21(19)16-23(22)32-2/h3-5,7-8,11,14-17,25H,6,9-10,12-13H2,1-2H3,(H,27,30). The molecule has 2 amide bonds. The molecule has 6 nitrogen and oxygen atoms in total. The monoisotopic (exact) mass is 464 g/mol. The number of ether oxygens (including phenoxy) is 2. The lowest BCUT2D eigenvalue weighted by atomic mass is 9.87. The number of thiophene rings is 1. The van der Waals surface area contributed by atoms with E-state index in [1.165, 1.54) is 11.3 Å². The molecule has 2 aromatic carbocycles. The van der Waals surface area contributed by atoms with E-state index >= 15 is 0 Å². The van der Waals surface area contributed by atoms with Gasteiger partial charge in [-0.05, 0) is 53.1 Å². The van der Waals surface area contributed by atoms with Gasteiger partial charge in [-0.25, -0.2) is 0 Å². The Balaban J connectivity index is 1.51. The molecule has 4 rings (SSSR count). The molecule has 1 aromatic heterocycles. The topological polar surface area (TPSA) is 67.9 Å². The first-order valence-electron chi connectivity index (χ1n) is 11.0. The second-order valence-corrected chi connectivity index (χ2v) is 8.71. The van der Waals surface area contributed by atoms with E-state index in [9.17, 15) is 9.59 Å². The zero-order valence-electron chi connectivity index (χ0n) is 18.9. The van der Waals surface area contributed by atoms with Crippen LogP contribution < -0.4 is 14.8 Å². The number of benzene rings is 2. The molecule has 0 bridgehead atoms. The fraction of sp³-hybridized carbons (Fsp3) is 0.308. The minimum atomic E-state index is -0.192. The molecule has 0 saturated heterocycles. The third-order valence-corrected chi connectivity index (χ3v) is 6.63. The van der Waals surface area contributed by atoms with Crippen molar-refractivity contribution in [3.05, 3.63) is 81.5 Å². The van der Waals surface area contributed by atoms with Crippen LogP contribution >= 0.6 is 11.3 Å². The van der Waals surface area contributed by atoms with Gasteiger partial charge in [0.05, 0.1) is 20.3 Å². The van der Waals surface area contributed by atoms with Crippen molar-refractivity contribution in [2.75, 3.05) is 27.3 Å². The molecule has 0 radical (unpaired) electrons. The molecule has 0 aliphatic carbocycles. The third kappa shape index (κ3) is 5.03. The summed E-state index contributed by atoms with van der Waals surface area (Å²) < 4.78 is 11.0. The van der Waals surface area contributed by atoms with Gasteiger partial charge in [-0.3, -0.25) is 9.59 Å². The number of hydrogen-bond acceptors (Lipinski definition) is 5. The lowest BCUT2D eigenvalue weighted by molar-refractivity contribution is -0.133. The molecule has 1 aliphatic rings. The molecule has 3 aromatic rings. The van der Waals surface area contributed by atoms with Gasteiger partial charge in [0.25, 0.3) is 5.91 Å². The van der Waals surface area contributed by atoms with Crippen molar-refractivity contribution in [2.45, 2.75) is 25.3 Å². The van der Waals surface area contributed by atoms with Crippen LogP contribution in [0.5, 0.6) is 11.5 Å². The Morgan fingerprint density at radius 2 is 1.85 bits per heavy atom. The second kappa shape index (κ2) is 10.5. The van der Waals surface area contributed by atoms with Crippen molar-refractivity contribution in [3.63, 3.8) is 0 Å². The van der Waals surface area contributed by atoms with Gasteiger partial charge in [-0.2, -0.15) is 11.3 Å². The summed E-state index contributed by atoms with van der Waals surface area (Å²) in [5.74, 6) is 1.33. The molecular formula is C26H28N2O4S. The molecule has 0 saturated carbocycles. The van der Waals surface area contributed by atoms with E-state index in [0.29, 0.717) is 43.0 Å². The first-order chi connectivity index (χ1) is 16.1. The average molecular weight is 465 g/mol. The van der Waals surface area contributed by atoms with Crippen LogP contribution in [0.4, 0.5) is 0 Å². The van der Waals surface area contributed by atoms with Crippen LogP contribution in [0.1, 0.15) is 45.9 Å². The molecule has 1 aliphatic heterocycles. The van der Waals surface area contributed by atoms with Crippen molar-refractivity contribution >= 4 is 23.2 Å². The Bertz CT molecular complexity index is 1100. The summed E-state index contributed by atoms with van der Waals surface area (Å²) in [5, 5.41) is 6.59. The first kappa shape index (κ1) is 22.9. The molecule has 33 heavy (non-hydrogen) atoms. The predicted octanol–water partition coefficient (Wildman–Crippen LogP) is 4.45. The first-order valence-corrected chi connectivity index (χ1v) is 12.0. The summed E-state index contributed by atoms with van der Waals surface area (Å²) in [6.07, 6.45) is 1.71. The van der Waals surface area contributed by atoms with Gasteiger partial charge in [-0.1, -0.05) is 30.3 Å². The van der Waals surface area contributed by atoms with Crippen LogP contribution in [0.3, 0.4) is 0 Å². The predicted molar refractivity (Wildman–Crippen MR) is 129 cm³/mol. The number of carbonyl (C=O) groups is 2. The molecule has 7 heteroatoms. The molecule has 0 fully saturated rings. The molecule has 1 atom stereocenters. The Morgan fingerprint density at radius 1 is 1.09 bits per heavy atom. The third-order valence-electron chi connectivity index (χ3n) is 5.95. The van der Waals surface area contributed by atoms with E-state index < -0.39 is 0 Å². The number of fused-ring (bicyclic) bond motifs is 1. The lowest BCUT2D eigenvalue weighted by Crippen LogP contribution is -2.41. The highest BCUT2D eigenvalue weighted by Crippen LogP contribution is 2.41. The van der Waals surface area contributed by atoms with Crippen LogP contribution in [0.15, 0.2) is 59.3 Å². The maximum atomic E-state index is 13.3. The number of methoxy groups -OCH3 is 2. The summed E-state index contributed by atoms with van der Waals surface area (Å²) in [6.45, 7) is 1.09. The van der Waals surface area contributed by atoms with Crippen molar-refractivity contribution in [1.82, 2.24) is 10.2 Å². The highest BCUT2D eigenvalue weighted by Gasteiger charge is 2.33. The molecule has 172 valence electrons. The SMILES string of the molecule is COc1cc2c(cc1OC)C(c1ccccc1)N(C(=O)CCCNC(=O)c1ccsc1)CC2. The van der Waals surface area contributed by atoms with Crippen molar-refractivity contribution < 1.29 is 19.1 Å². The summed E-state index contributed by atoms with van der Waals surface area (Å²) in [4.78, 5) is 27.4. The minimum Gasteiger partial charge on any atom is -0.493 e. The van der Waals surface area contributed by atoms with Gasteiger partial charge in [0.2, 0.25) is 5.91 Å². The van der Waals surface area contributed by atoms with E-state index in [0.717, 1.165) is 23.1 Å². The highest BCUT2D eigenvalue weighted by molar-refractivity contribution is 7.08. The van der Waals surface area contributed by atoms with E-state index in [2.05, 4.69) is 17.4 Å². The smallest absolute Gasteiger partial charge is 0.252 e. The van der Waals surface area contributed by atoms with Crippen molar-refractivity contribution in [1.29, 1.82) is 0 Å². The number of hydrogen-bond donors (Lipinski definition) is 1.